The number of H-pyrrole nitrogens is 1. The van der Waals surface area contributed by atoms with Crippen LogP contribution < -0.4 is 0 Å². The lowest BCUT2D eigenvalue weighted by atomic mass is 9.98. The van der Waals surface area contributed by atoms with Crippen molar-refractivity contribution in [1.29, 1.82) is 0 Å². The highest BCUT2D eigenvalue weighted by Crippen LogP contribution is 2.26. The summed E-state index contributed by atoms with van der Waals surface area (Å²) >= 11 is 2.24. The van der Waals surface area contributed by atoms with E-state index >= 15 is 0 Å². The van der Waals surface area contributed by atoms with Crippen molar-refractivity contribution in [3.63, 3.8) is 0 Å². The second-order valence-corrected chi connectivity index (χ2v) is 6.09. The van der Waals surface area contributed by atoms with Crippen molar-refractivity contribution in [1.82, 2.24) is 9.97 Å². The number of imidazole rings is 1. The van der Waals surface area contributed by atoms with Gasteiger partial charge in [0, 0.05) is 5.92 Å². The van der Waals surface area contributed by atoms with Crippen LogP contribution in [0.1, 0.15) is 56.8 Å². The molecule has 21 heavy (non-hydrogen) atoms. The van der Waals surface area contributed by atoms with Gasteiger partial charge in [-0.3, -0.25) is 0 Å². The van der Waals surface area contributed by atoms with Gasteiger partial charge in [-0.05, 0) is 34.1 Å². The van der Waals surface area contributed by atoms with Crippen LogP contribution in [0.4, 0.5) is 0 Å². The zero-order valence-electron chi connectivity index (χ0n) is 12.8. The summed E-state index contributed by atoms with van der Waals surface area (Å²) in [5.41, 5.74) is 3.54. The minimum Gasteiger partial charge on any atom is -0.342 e. The average Bonchev–Trinajstić information content (AvgIpc) is 2.98. The molecule has 0 aliphatic rings. The summed E-state index contributed by atoms with van der Waals surface area (Å²) in [6.45, 7) is 4.48. The fraction of sp³-hybridized carbons (Fsp3) is 0.389. The van der Waals surface area contributed by atoms with Gasteiger partial charge in [-0.25, -0.2) is 4.98 Å². The molecular weight excluding hydrogens is 367 g/mol. The van der Waals surface area contributed by atoms with Crippen molar-refractivity contribution in [2.45, 2.75) is 45.4 Å². The molecule has 2 rings (SSSR count). The maximum Gasteiger partial charge on any atom is 0.109 e. The van der Waals surface area contributed by atoms with E-state index in [9.17, 15) is 0 Å². The Bertz CT molecular complexity index is 563. The lowest BCUT2D eigenvalue weighted by Crippen LogP contribution is -2.00. The van der Waals surface area contributed by atoms with E-state index in [2.05, 4.69) is 76.7 Å². The number of rotatable bonds is 7. The van der Waals surface area contributed by atoms with Gasteiger partial charge in [-0.2, -0.15) is 0 Å². The molecule has 0 saturated heterocycles. The van der Waals surface area contributed by atoms with E-state index < -0.39 is 0 Å². The van der Waals surface area contributed by atoms with Gasteiger partial charge in [-0.1, -0.05) is 73.5 Å². The summed E-state index contributed by atoms with van der Waals surface area (Å²) in [5, 5.41) is 0. The number of nitrogens with one attached hydrogen (secondary N) is 1. The van der Waals surface area contributed by atoms with Gasteiger partial charge < -0.3 is 4.98 Å². The molecule has 2 nitrogen and oxygen atoms in total. The lowest BCUT2D eigenvalue weighted by molar-refractivity contribution is 0.538. The molecule has 0 atom stereocenters. The van der Waals surface area contributed by atoms with E-state index in [1.165, 1.54) is 36.8 Å². The lowest BCUT2D eigenvalue weighted by Gasteiger charge is -2.11. The molecule has 0 amide bonds. The summed E-state index contributed by atoms with van der Waals surface area (Å²) in [7, 11) is 0. The van der Waals surface area contributed by atoms with Gasteiger partial charge in [0.1, 0.15) is 5.82 Å². The van der Waals surface area contributed by atoms with Gasteiger partial charge in [-0.15, -0.1) is 0 Å². The Balaban J connectivity index is 2.18. The van der Waals surface area contributed by atoms with Crippen molar-refractivity contribution < 1.29 is 0 Å². The van der Waals surface area contributed by atoms with Crippen LogP contribution in [0.5, 0.6) is 0 Å². The molecule has 1 aromatic heterocycles. The van der Waals surface area contributed by atoms with Crippen molar-refractivity contribution in [3.8, 4) is 11.3 Å². The molecule has 0 unspecified atom stereocenters. The highest BCUT2D eigenvalue weighted by atomic mass is 123. The van der Waals surface area contributed by atoms with Crippen molar-refractivity contribution in [2.24, 2.45) is 0 Å². The zero-order valence-corrected chi connectivity index (χ0v) is 14.9. The third-order valence-corrected chi connectivity index (χ3v) is 4.09. The van der Waals surface area contributed by atoms with Gasteiger partial charge in [0.05, 0.1) is 11.9 Å². The maximum absolute atomic E-state index is 4.62. The van der Waals surface area contributed by atoms with Gasteiger partial charge in [0.2, 0.25) is 0 Å². The van der Waals surface area contributed by atoms with E-state index in [1.807, 2.05) is 10.3 Å². The Morgan fingerprint density at radius 3 is 2.38 bits per heavy atom. The Morgan fingerprint density at radius 2 is 1.81 bits per heavy atom. The molecule has 0 aliphatic carbocycles. The summed E-state index contributed by atoms with van der Waals surface area (Å²) in [6.07, 6.45) is 8.90. The van der Waals surface area contributed by atoms with Crippen LogP contribution in [-0.2, 0) is 0 Å². The highest BCUT2D eigenvalue weighted by Gasteiger charge is 2.13. The average molecular weight is 390 g/mol. The summed E-state index contributed by atoms with van der Waals surface area (Å²) in [6, 6.07) is 8.58. The van der Waals surface area contributed by atoms with Crippen LogP contribution in [0.3, 0.4) is 0 Å². The van der Waals surface area contributed by atoms with Gasteiger partial charge in [0.15, 0.2) is 0 Å². The molecule has 1 N–H and O–H groups in total. The Kier molecular flexibility index (Phi) is 6.49. The quantitative estimate of drug-likeness (QED) is 0.563. The minimum atomic E-state index is 0.565. The molecule has 2 aromatic rings. The second-order valence-electron chi connectivity index (χ2n) is 5.37. The molecule has 0 saturated carbocycles. The van der Waals surface area contributed by atoms with E-state index in [-0.39, 0.29) is 0 Å². The summed E-state index contributed by atoms with van der Waals surface area (Å²) < 4.78 is 2.03. The van der Waals surface area contributed by atoms with Crippen molar-refractivity contribution in [2.75, 3.05) is 0 Å². The van der Waals surface area contributed by atoms with Crippen LogP contribution in [0.2, 0.25) is 0 Å². The summed E-state index contributed by atoms with van der Waals surface area (Å²) in [4.78, 5) is 8.14. The Labute approximate surface area is 141 Å². The molecule has 0 aliphatic heterocycles. The van der Waals surface area contributed by atoms with Gasteiger partial charge in [0.25, 0.3) is 0 Å². The fourth-order valence-electron chi connectivity index (χ4n) is 2.65. The van der Waals surface area contributed by atoms with Crippen LogP contribution in [0.25, 0.3) is 17.3 Å². The molecular formula is C18H23IN2. The van der Waals surface area contributed by atoms with E-state index in [0.29, 0.717) is 5.92 Å². The third kappa shape index (κ3) is 4.43. The summed E-state index contributed by atoms with van der Waals surface area (Å²) in [5.74, 6) is 1.71. The van der Waals surface area contributed by atoms with Gasteiger partial charge >= 0.3 is 0 Å². The van der Waals surface area contributed by atoms with E-state index in [1.54, 1.807) is 0 Å². The molecule has 0 spiro atoms. The number of aromatic amines is 1. The zero-order chi connectivity index (χ0) is 15.1. The number of hydrogen-bond donors (Lipinski definition) is 1. The third-order valence-electron chi connectivity index (χ3n) is 3.73. The van der Waals surface area contributed by atoms with Crippen LogP contribution >= 0.6 is 22.6 Å². The topological polar surface area (TPSA) is 28.7 Å². The molecule has 0 radical (unpaired) electrons. The Hall–Kier alpha value is -1.10. The maximum atomic E-state index is 4.62. The first-order chi connectivity index (χ1) is 10.3. The first-order valence-electron chi connectivity index (χ1n) is 7.70. The predicted octanol–water partition coefficient (Wildman–Crippen LogP) is 6.17. The van der Waals surface area contributed by atoms with Crippen LogP contribution in [0, 0.1) is 0 Å². The number of hydrogen-bond acceptors (Lipinski definition) is 1. The normalized spacial score (nSPS) is 11.6. The molecule has 0 fully saturated rings. The van der Waals surface area contributed by atoms with Crippen molar-refractivity contribution >= 4 is 28.7 Å². The molecule has 112 valence electrons. The second kappa shape index (κ2) is 8.37. The number of halogens is 1. The fourth-order valence-corrected chi connectivity index (χ4v) is 3.07. The van der Waals surface area contributed by atoms with Crippen LogP contribution in [0.15, 0.2) is 34.5 Å². The number of benzene rings is 1. The number of aromatic nitrogens is 2. The standard InChI is InChI=1S/C18H23IN2/c1-3-5-16(6-4-2)18-20-13-17(21-18)15-9-7-14(8-10-15)11-12-19/h7-13,16H,3-6H2,1-2H3,(H,20,21)/b12-11+/i19-4. The van der Waals surface area contributed by atoms with Crippen molar-refractivity contribution in [3.05, 3.63) is 45.9 Å². The number of nitrogens with zero attached hydrogens (tertiary/aromatic N) is 1. The van der Waals surface area contributed by atoms with E-state index in [0.717, 1.165) is 11.5 Å². The smallest absolute Gasteiger partial charge is 0.109 e. The first-order valence-corrected chi connectivity index (χ1v) is 8.95. The predicted molar refractivity (Wildman–Crippen MR) is 99.6 cm³/mol. The molecule has 3 heteroatoms. The van der Waals surface area contributed by atoms with E-state index in [4.69, 9.17) is 0 Å². The Morgan fingerprint density at radius 1 is 1.14 bits per heavy atom. The SMILES string of the molecule is CCCC(CCC)c1ncc(-c2ccc(/C=C/[123I])cc2)[nH]1. The minimum absolute atomic E-state index is 0.565. The first kappa shape index (κ1) is 16.3. The molecule has 0 bridgehead atoms. The largest absolute Gasteiger partial charge is 0.342 e. The highest BCUT2D eigenvalue weighted by molar-refractivity contribution is 14.1. The molecule has 1 heterocycles. The molecule has 1 aromatic carbocycles. The van der Waals surface area contributed by atoms with Crippen LogP contribution in [-0.4, -0.2) is 9.97 Å². The monoisotopic (exact) mass is 390 g/mol.